The SMILES string of the molecule is CCc1ccc(C(C)(C)C(OC)(OC)OC)cc1. The van der Waals surface area contributed by atoms with E-state index in [1.165, 1.54) is 5.56 Å². The largest absolute Gasteiger partial charge is 0.330 e. The number of benzene rings is 1. The number of methoxy groups -OCH3 is 3. The van der Waals surface area contributed by atoms with E-state index in [1.54, 1.807) is 21.3 Å². The van der Waals surface area contributed by atoms with Crippen molar-refractivity contribution in [3.63, 3.8) is 0 Å². The third-order valence-electron chi connectivity index (χ3n) is 3.66. The van der Waals surface area contributed by atoms with Crippen molar-refractivity contribution in [1.29, 1.82) is 0 Å². The van der Waals surface area contributed by atoms with Crippen LogP contribution >= 0.6 is 0 Å². The van der Waals surface area contributed by atoms with Gasteiger partial charge in [0.05, 0.1) is 5.41 Å². The molecule has 0 aliphatic carbocycles. The first-order chi connectivity index (χ1) is 8.47. The highest BCUT2D eigenvalue weighted by atomic mass is 16.9. The Morgan fingerprint density at radius 1 is 0.889 bits per heavy atom. The van der Waals surface area contributed by atoms with Gasteiger partial charge in [-0.3, -0.25) is 0 Å². The molecular weight excluding hydrogens is 228 g/mol. The monoisotopic (exact) mass is 252 g/mol. The molecule has 3 nitrogen and oxygen atoms in total. The average Bonchev–Trinajstić information content (AvgIpc) is 2.41. The normalized spacial score (nSPS) is 12.8. The van der Waals surface area contributed by atoms with Crippen molar-refractivity contribution in [2.24, 2.45) is 0 Å². The molecule has 102 valence electrons. The fraction of sp³-hybridized carbons (Fsp3) is 0.600. The first-order valence-electron chi connectivity index (χ1n) is 6.22. The van der Waals surface area contributed by atoms with E-state index < -0.39 is 11.4 Å². The van der Waals surface area contributed by atoms with Gasteiger partial charge in [-0.25, -0.2) is 0 Å². The first-order valence-corrected chi connectivity index (χ1v) is 6.22. The zero-order chi connectivity index (χ0) is 13.8. The zero-order valence-electron chi connectivity index (χ0n) is 12.2. The zero-order valence-corrected chi connectivity index (χ0v) is 12.2. The summed E-state index contributed by atoms with van der Waals surface area (Å²) >= 11 is 0. The van der Waals surface area contributed by atoms with Crippen LogP contribution in [0.4, 0.5) is 0 Å². The molecule has 1 rings (SSSR count). The van der Waals surface area contributed by atoms with Crippen LogP contribution in [0.1, 0.15) is 31.9 Å². The number of aryl methyl sites for hydroxylation is 1. The van der Waals surface area contributed by atoms with Gasteiger partial charge in [-0.1, -0.05) is 31.2 Å². The number of hydrogen-bond donors (Lipinski definition) is 0. The molecule has 0 aromatic heterocycles. The predicted molar refractivity (Wildman–Crippen MR) is 72.6 cm³/mol. The molecular formula is C15H24O3. The average molecular weight is 252 g/mol. The lowest BCUT2D eigenvalue weighted by Crippen LogP contribution is -2.52. The van der Waals surface area contributed by atoms with Gasteiger partial charge in [-0.05, 0) is 31.4 Å². The summed E-state index contributed by atoms with van der Waals surface area (Å²) in [6.07, 6.45) is 1.03. The maximum absolute atomic E-state index is 5.47. The molecule has 0 spiro atoms. The van der Waals surface area contributed by atoms with Crippen LogP contribution in [0.5, 0.6) is 0 Å². The van der Waals surface area contributed by atoms with E-state index in [9.17, 15) is 0 Å². The highest BCUT2D eigenvalue weighted by Gasteiger charge is 2.48. The molecule has 0 unspecified atom stereocenters. The second kappa shape index (κ2) is 5.83. The van der Waals surface area contributed by atoms with Crippen LogP contribution in [0.15, 0.2) is 24.3 Å². The minimum atomic E-state index is -1.08. The number of ether oxygens (including phenoxy) is 3. The van der Waals surface area contributed by atoms with E-state index in [4.69, 9.17) is 14.2 Å². The quantitative estimate of drug-likeness (QED) is 0.728. The summed E-state index contributed by atoms with van der Waals surface area (Å²) < 4.78 is 16.4. The smallest absolute Gasteiger partial charge is 0.291 e. The lowest BCUT2D eigenvalue weighted by molar-refractivity contribution is -0.382. The van der Waals surface area contributed by atoms with Crippen LogP contribution in [0.2, 0.25) is 0 Å². The maximum atomic E-state index is 5.47. The molecule has 3 heteroatoms. The Morgan fingerprint density at radius 3 is 1.67 bits per heavy atom. The third kappa shape index (κ3) is 2.44. The third-order valence-corrected chi connectivity index (χ3v) is 3.66. The minimum Gasteiger partial charge on any atom is -0.330 e. The van der Waals surface area contributed by atoms with Gasteiger partial charge in [-0.2, -0.15) is 0 Å². The Labute approximate surface area is 110 Å². The molecule has 0 saturated heterocycles. The molecule has 0 amide bonds. The van der Waals surface area contributed by atoms with Gasteiger partial charge >= 0.3 is 0 Å². The molecule has 0 atom stereocenters. The highest BCUT2D eigenvalue weighted by Crippen LogP contribution is 2.38. The summed E-state index contributed by atoms with van der Waals surface area (Å²) in [6.45, 7) is 6.23. The van der Waals surface area contributed by atoms with Crippen LogP contribution in [-0.2, 0) is 26.0 Å². The molecule has 1 aromatic rings. The van der Waals surface area contributed by atoms with E-state index in [0.717, 1.165) is 12.0 Å². The fourth-order valence-corrected chi connectivity index (χ4v) is 2.35. The van der Waals surface area contributed by atoms with Crippen molar-refractivity contribution in [1.82, 2.24) is 0 Å². The van der Waals surface area contributed by atoms with Crippen LogP contribution < -0.4 is 0 Å². The summed E-state index contributed by atoms with van der Waals surface area (Å²) in [5.74, 6) is -1.08. The van der Waals surface area contributed by atoms with Crippen LogP contribution in [0, 0.1) is 0 Å². The Hall–Kier alpha value is -0.900. The summed E-state index contributed by atoms with van der Waals surface area (Å²) in [5.41, 5.74) is 2.01. The molecule has 0 bridgehead atoms. The second-order valence-corrected chi connectivity index (χ2v) is 4.84. The molecule has 0 aliphatic rings. The van der Waals surface area contributed by atoms with Crippen molar-refractivity contribution in [2.75, 3.05) is 21.3 Å². The lowest BCUT2D eigenvalue weighted by atomic mass is 9.81. The van der Waals surface area contributed by atoms with Gasteiger partial charge < -0.3 is 14.2 Å². The standard InChI is InChI=1S/C15H24O3/c1-7-12-8-10-13(11-9-12)14(2,3)15(16-4,17-5)18-6/h8-11H,7H2,1-6H3. The van der Waals surface area contributed by atoms with E-state index in [0.29, 0.717) is 0 Å². The van der Waals surface area contributed by atoms with Gasteiger partial charge in [-0.15, -0.1) is 0 Å². The topological polar surface area (TPSA) is 27.7 Å². The maximum Gasteiger partial charge on any atom is 0.291 e. The van der Waals surface area contributed by atoms with Crippen molar-refractivity contribution in [3.8, 4) is 0 Å². The van der Waals surface area contributed by atoms with Gasteiger partial charge in [0.15, 0.2) is 0 Å². The summed E-state index contributed by atoms with van der Waals surface area (Å²) in [4.78, 5) is 0. The fourth-order valence-electron chi connectivity index (χ4n) is 2.35. The van der Waals surface area contributed by atoms with Gasteiger partial charge in [0.1, 0.15) is 0 Å². The Kier molecular flexibility index (Phi) is 4.91. The Morgan fingerprint density at radius 2 is 1.33 bits per heavy atom. The molecule has 1 aromatic carbocycles. The number of rotatable bonds is 6. The minimum absolute atomic E-state index is 0.419. The van der Waals surface area contributed by atoms with E-state index in [-0.39, 0.29) is 0 Å². The molecule has 0 radical (unpaired) electrons. The first kappa shape index (κ1) is 15.2. The van der Waals surface area contributed by atoms with Crippen molar-refractivity contribution in [2.45, 2.75) is 38.6 Å². The Balaban J connectivity index is 3.17. The van der Waals surface area contributed by atoms with Gasteiger partial charge in [0.2, 0.25) is 0 Å². The molecule has 0 heterocycles. The molecule has 18 heavy (non-hydrogen) atoms. The Bertz CT molecular complexity index is 356. The van der Waals surface area contributed by atoms with Gasteiger partial charge in [0, 0.05) is 21.3 Å². The molecule has 0 aliphatic heterocycles. The van der Waals surface area contributed by atoms with Crippen molar-refractivity contribution in [3.05, 3.63) is 35.4 Å². The highest BCUT2D eigenvalue weighted by molar-refractivity contribution is 5.29. The van der Waals surface area contributed by atoms with Gasteiger partial charge in [0.25, 0.3) is 5.97 Å². The van der Waals surface area contributed by atoms with Crippen molar-refractivity contribution < 1.29 is 14.2 Å². The number of hydrogen-bond acceptors (Lipinski definition) is 3. The van der Waals surface area contributed by atoms with E-state index >= 15 is 0 Å². The molecule has 0 fully saturated rings. The summed E-state index contributed by atoms with van der Waals surface area (Å²) in [7, 11) is 4.78. The van der Waals surface area contributed by atoms with Crippen LogP contribution in [-0.4, -0.2) is 27.3 Å². The van der Waals surface area contributed by atoms with Crippen LogP contribution in [0.3, 0.4) is 0 Å². The van der Waals surface area contributed by atoms with Crippen LogP contribution in [0.25, 0.3) is 0 Å². The molecule has 0 N–H and O–H groups in total. The summed E-state index contributed by atoms with van der Waals surface area (Å²) in [5, 5.41) is 0. The van der Waals surface area contributed by atoms with E-state index in [2.05, 4.69) is 31.2 Å². The van der Waals surface area contributed by atoms with E-state index in [1.807, 2.05) is 13.8 Å². The lowest BCUT2D eigenvalue weighted by Gasteiger charge is -2.42. The van der Waals surface area contributed by atoms with Crippen molar-refractivity contribution >= 4 is 0 Å². The second-order valence-electron chi connectivity index (χ2n) is 4.84. The molecule has 0 saturated carbocycles. The summed E-state index contributed by atoms with van der Waals surface area (Å²) in [6, 6.07) is 8.46. The predicted octanol–water partition coefficient (Wildman–Crippen LogP) is 3.12.